The summed E-state index contributed by atoms with van der Waals surface area (Å²) in [6.07, 6.45) is 5.12. The van der Waals surface area contributed by atoms with Gasteiger partial charge in [-0.3, -0.25) is 0 Å². The summed E-state index contributed by atoms with van der Waals surface area (Å²) in [5.41, 5.74) is 0. The normalized spacial score (nSPS) is 22.1. The van der Waals surface area contributed by atoms with Crippen LogP contribution in [0.2, 0.25) is 0 Å². The number of hydrogen-bond acceptors (Lipinski definition) is 6. The summed E-state index contributed by atoms with van der Waals surface area (Å²) in [5.74, 6) is 0. The van der Waals surface area contributed by atoms with Gasteiger partial charge in [0.2, 0.25) is 0 Å². The number of amides is 2. The van der Waals surface area contributed by atoms with E-state index in [-0.39, 0.29) is 24.4 Å². The summed E-state index contributed by atoms with van der Waals surface area (Å²) < 4.78 is 21.9. The van der Waals surface area contributed by atoms with Crippen molar-refractivity contribution >= 4 is 12.2 Å². The molecule has 2 rings (SSSR count). The van der Waals surface area contributed by atoms with Gasteiger partial charge in [0.1, 0.15) is 12.2 Å². The van der Waals surface area contributed by atoms with Crippen LogP contribution in [0.3, 0.4) is 0 Å². The molecule has 2 atom stereocenters. The third-order valence-corrected chi connectivity index (χ3v) is 4.90. The lowest BCUT2D eigenvalue weighted by atomic mass is 10.3. The fraction of sp³-hybridized carbons (Fsp3) is 0.900. The molecule has 28 heavy (non-hydrogen) atoms. The van der Waals surface area contributed by atoms with Gasteiger partial charge in [-0.05, 0) is 25.7 Å². The Morgan fingerprint density at radius 1 is 0.786 bits per heavy atom. The fourth-order valence-corrected chi connectivity index (χ4v) is 3.22. The zero-order valence-corrected chi connectivity index (χ0v) is 17.4. The second-order valence-corrected chi connectivity index (χ2v) is 7.47. The molecule has 162 valence electrons. The van der Waals surface area contributed by atoms with Gasteiger partial charge in [-0.1, -0.05) is 26.7 Å². The molecule has 8 nitrogen and oxygen atoms in total. The fourth-order valence-electron chi connectivity index (χ4n) is 3.22. The van der Waals surface area contributed by atoms with Gasteiger partial charge < -0.3 is 28.7 Å². The predicted molar refractivity (Wildman–Crippen MR) is 104 cm³/mol. The molecule has 0 N–H and O–H groups in total. The Morgan fingerprint density at radius 3 is 1.61 bits per heavy atom. The van der Waals surface area contributed by atoms with Crippen molar-refractivity contribution < 1.29 is 28.5 Å². The quantitative estimate of drug-likeness (QED) is 0.393. The van der Waals surface area contributed by atoms with Crippen LogP contribution in [-0.2, 0) is 18.9 Å². The van der Waals surface area contributed by atoms with E-state index >= 15 is 0 Å². The molecule has 0 bridgehead atoms. The van der Waals surface area contributed by atoms with Gasteiger partial charge in [0.05, 0.1) is 26.3 Å². The lowest BCUT2D eigenvalue weighted by molar-refractivity contribution is 0.0305. The minimum Gasteiger partial charge on any atom is -0.442 e. The average molecular weight is 401 g/mol. The summed E-state index contributed by atoms with van der Waals surface area (Å²) in [4.78, 5) is 26.9. The number of rotatable bonds is 15. The Hall–Kier alpha value is -1.54. The van der Waals surface area contributed by atoms with Crippen molar-refractivity contribution in [1.29, 1.82) is 0 Å². The molecular formula is C20H36N2O6. The van der Waals surface area contributed by atoms with Gasteiger partial charge in [0, 0.05) is 26.3 Å². The summed E-state index contributed by atoms with van der Waals surface area (Å²) in [5, 5.41) is 0. The van der Waals surface area contributed by atoms with Gasteiger partial charge in [-0.15, -0.1) is 0 Å². The van der Waals surface area contributed by atoms with E-state index in [9.17, 15) is 9.59 Å². The van der Waals surface area contributed by atoms with Crippen LogP contribution in [0.5, 0.6) is 0 Å². The van der Waals surface area contributed by atoms with Crippen LogP contribution in [0.4, 0.5) is 9.59 Å². The first-order valence-corrected chi connectivity index (χ1v) is 10.7. The first-order chi connectivity index (χ1) is 13.6. The second kappa shape index (κ2) is 12.8. The van der Waals surface area contributed by atoms with E-state index in [1.165, 1.54) is 0 Å². The Labute approximate surface area is 168 Å². The van der Waals surface area contributed by atoms with E-state index in [1.54, 1.807) is 9.80 Å². The van der Waals surface area contributed by atoms with Crippen molar-refractivity contribution in [3.63, 3.8) is 0 Å². The highest BCUT2D eigenvalue weighted by molar-refractivity contribution is 5.70. The van der Waals surface area contributed by atoms with Crippen molar-refractivity contribution in [2.45, 2.75) is 64.6 Å². The van der Waals surface area contributed by atoms with E-state index in [4.69, 9.17) is 18.9 Å². The molecule has 2 heterocycles. The largest absolute Gasteiger partial charge is 0.442 e. The zero-order chi connectivity index (χ0) is 20.2. The predicted octanol–water partition coefficient (Wildman–Crippen LogP) is 3.04. The van der Waals surface area contributed by atoms with Crippen LogP contribution < -0.4 is 0 Å². The lowest BCUT2D eigenvalue weighted by Crippen LogP contribution is -2.27. The number of carbonyl (C=O) groups excluding carboxylic acids is 2. The molecule has 2 amide bonds. The molecule has 2 aliphatic rings. The monoisotopic (exact) mass is 400 g/mol. The number of cyclic esters (lactones) is 2. The first kappa shape index (κ1) is 22.7. The van der Waals surface area contributed by atoms with Gasteiger partial charge in [-0.25, -0.2) is 9.59 Å². The summed E-state index contributed by atoms with van der Waals surface area (Å²) >= 11 is 0. The third kappa shape index (κ3) is 7.83. The third-order valence-electron chi connectivity index (χ3n) is 4.90. The van der Waals surface area contributed by atoms with Crippen LogP contribution in [-0.4, -0.2) is 86.8 Å². The Bertz CT molecular complexity index is 434. The highest BCUT2D eigenvalue weighted by atomic mass is 16.6. The number of hydrogen-bond donors (Lipinski definition) is 0. The van der Waals surface area contributed by atoms with E-state index < -0.39 is 0 Å². The standard InChI is InChI=1S/C20H36N2O6/c1-3-5-9-21-13-17(27-19(21)23)15-25-11-7-8-12-26-16-18-14-22(10-6-4-2)20(24)28-18/h17-18H,3-16H2,1-2H3. The van der Waals surface area contributed by atoms with Crippen molar-refractivity contribution in [1.82, 2.24) is 9.80 Å². The van der Waals surface area contributed by atoms with E-state index in [1.807, 2.05) is 0 Å². The molecular weight excluding hydrogens is 364 g/mol. The maximum absolute atomic E-state index is 11.7. The molecule has 0 aliphatic carbocycles. The van der Waals surface area contributed by atoms with Crippen LogP contribution >= 0.6 is 0 Å². The van der Waals surface area contributed by atoms with Gasteiger partial charge in [0.15, 0.2) is 0 Å². The van der Waals surface area contributed by atoms with Crippen LogP contribution in [0.1, 0.15) is 52.4 Å². The molecule has 0 saturated carbocycles. The van der Waals surface area contributed by atoms with Crippen LogP contribution in [0.15, 0.2) is 0 Å². The van der Waals surface area contributed by atoms with Crippen molar-refractivity contribution in [2.24, 2.45) is 0 Å². The smallest absolute Gasteiger partial charge is 0.410 e. The highest BCUT2D eigenvalue weighted by Gasteiger charge is 2.31. The van der Waals surface area contributed by atoms with E-state index in [2.05, 4.69) is 13.8 Å². The number of ether oxygens (including phenoxy) is 4. The van der Waals surface area contributed by atoms with Crippen LogP contribution in [0.25, 0.3) is 0 Å². The van der Waals surface area contributed by atoms with Gasteiger partial charge in [0.25, 0.3) is 0 Å². The molecule has 0 spiro atoms. The van der Waals surface area contributed by atoms with Gasteiger partial charge in [-0.2, -0.15) is 0 Å². The first-order valence-electron chi connectivity index (χ1n) is 10.7. The van der Waals surface area contributed by atoms with Crippen molar-refractivity contribution in [3.05, 3.63) is 0 Å². The molecule has 0 aromatic heterocycles. The summed E-state index contributed by atoms with van der Waals surface area (Å²) in [6.45, 7) is 9.11. The Balaban J connectivity index is 1.42. The van der Waals surface area contributed by atoms with E-state index in [0.29, 0.717) is 39.5 Å². The van der Waals surface area contributed by atoms with E-state index in [0.717, 1.165) is 51.6 Å². The maximum atomic E-state index is 11.7. The average Bonchev–Trinajstić information content (AvgIpc) is 3.22. The van der Waals surface area contributed by atoms with Crippen LogP contribution in [0, 0.1) is 0 Å². The number of nitrogens with zero attached hydrogens (tertiary/aromatic N) is 2. The molecule has 0 aromatic rings. The SMILES string of the molecule is CCCCN1CC(COCCCCOCC2CN(CCCC)C(=O)O2)OC1=O. The molecule has 2 saturated heterocycles. The van der Waals surface area contributed by atoms with Crippen molar-refractivity contribution in [2.75, 3.05) is 52.6 Å². The summed E-state index contributed by atoms with van der Waals surface area (Å²) in [6, 6.07) is 0. The number of carbonyl (C=O) groups is 2. The van der Waals surface area contributed by atoms with Crippen molar-refractivity contribution in [3.8, 4) is 0 Å². The topological polar surface area (TPSA) is 77.5 Å². The summed E-state index contributed by atoms with van der Waals surface area (Å²) in [7, 11) is 0. The molecule has 2 unspecified atom stereocenters. The molecule has 0 radical (unpaired) electrons. The maximum Gasteiger partial charge on any atom is 0.410 e. The minimum atomic E-state index is -0.226. The Kier molecular flexibility index (Phi) is 10.4. The number of unbranched alkanes of at least 4 members (excludes halogenated alkanes) is 3. The Morgan fingerprint density at radius 2 is 1.21 bits per heavy atom. The molecule has 2 aliphatic heterocycles. The molecule has 2 fully saturated rings. The van der Waals surface area contributed by atoms with Gasteiger partial charge >= 0.3 is 12.2 Å². The minimum absolute atomic E-state index is 0.159. The second-order valence-electron chi connectivity index (χ2n) is 7.47. The zero-order valence-electron chi connectivity index (χ0n) is 17.4. The molecule has 8 heteroatoms. The lowest BCUT2D eigenvalue weighted by Gasteiger charge is -2.12. The molecule has 0 aromatic carbocycles. The highest BCUT2D eigenvalue weighted by Crippen LogP contribution is 2.14.